The maximum absolute atomic E-state index is 13.8. The molecule has 2 aliphatic rings. The van der Waals surface area contributed by atoms with Gasteiger partial charge in [0.1, 0.15) is 5.54 Å². The molecule has 0 bridgehead atoms. The standard InChI is InChI=1S/C26H27N3O2S/c30-24-26(17-20-9-3-1-4-10-20,18-21-11-5-2-6-12-21)27-25(31)29(24)19-28-15-7-13-22(28)23-14-8-16-32-23/h1-6,8-12,14,16,22H,7,13,15,17-19H2,(H,27,31)/t22-/m0/s1. The van der Waals surface area contributed by atoms with Crippen LogP contribution in [-0.4, -0.2) is 40.5 Å². The molecule has 2 saturated heterocycles. The lowest BCUT2D eigenvalue weighted by atomic mass is 9.84. The first-order chi connectivity index (χ1) is 15.6. The fourth-order valence-electron chi connectivity index (χ4n) is 4.98. The van der Waals surface area contributed by atoms with Crippen LogP contribution in [0.2, 0.25) is 0 Å². The summed E-state index contributed by atoms with van der Waals surface area (Å²) in [6.45, 7) is 1.22. The maximum Gasteiger partial charge on any atom is 0.326 e. The van der Waals surface area contributed by atoms with Gasteiger partial charge in [-0.25, -0.2) is 9.69 Å². The molecule has 32 heavy (non-hydrogen) atoms. The van der Waals surface area contributed by atoms with E-state index in [0.717, 1.165) is 30.5 Å². The number of carbonyl (C=O) groups is 2. The van der Waals surface area contributed by atoms with Crippen LogP contribution in [0.4, 0.5) is 4.79 Å². The van der Waals surface area contributed by atoms with Gasteiger partial charge in [0.15, 0.2) is 0 Å². The first-order valence-electron chi connectivity index (χ1n) is 11.1. The van der Waals surface area contributed by atoms with Gasteiger partial charge in [0.05, 0.1) is 6.67 Å². The van der Waals surface area contributed by atoms with Crippen molar-refractivity contribution in [1.82, 2.24) is 15.1 Å². The average Bonchev–Trinajstić information content (AvgIpc) is 3.53. The molecule has 1 aromatic heterocycles. The molecule has 0 spiro atoms. The third kappa shape index (κ3) is 4.08. The van der Waals surface area contributed by atoms with E-state index in [1.807, 2.05) is 60.7 Å². The Hall–Kier alpha value is -2.96. The third-order valence-corrected chi connectivity index (χ3v) is 7.48. The van der Waals surface area contributed by atoms with Crippen LogP contribution in [0.15, 0.2) is 78.2 Å². The van der Waals surface area contributed by atoms with E-state index in [1.54, 1.807) is 11.3 Å². The van der Waals surface area contributed by atoms with E-state index in [1.165, 1.54) is 9.78 Å². The van der Waals surface area contributed by atoms with Gasteiger partial charge in [-0.15, -0.1) is 11.3 Å². The highest BCUT2D eigenvalue weighted by atomic mass is 32.1. The molecule has 0 radical (unpaired) electrons. The average molecular weight is 446 g/mol. The quantitative estimate of drug-likeness (QED) is 0.540. The Morgan fingerprint density at radius 3 is 2.16 bits per heavy atom. The van der Waals surface area contributed by atoms with Gasteiger partial charge in [0.2, 0.25) is 0 Å². The first kappa shape index (κ1) is 20.9. The van der Waals surface area contributed by atoms with Crippen molar-refractivity contribution in [2.45, 2.75) is 37.3 Å². The Balaban J connectivity index is 1.42. The number of nitrogens with one attached hydrogen (secondary N) is 1. The summed E-state index contributed by atoms with van der Waals surface area (Å²) in [6.07, 6.45) is 3.07. The zero-order valence-corrected chi connectivity index (χ0v) is 18.8. The molecule has 0 saturated carbocycles. The van der Waals surface area contributed by atoms with Crippen molar-refractivity contribution in [3.63, 3.8) is 0 Å². The van der Waals surface area contributed by atoms with E-state index in [4.69, 9.17) is 0 Å². The van der Waals surface area contributed by atoms with Crippen molar-refractivity contribution in [1.29, 1.82) is 0 Å². The van der Waals surface area contributed by atoms with Gasteiger partial charge in [0, 0.05) is 30.3 Å². The Kier molecular flexibility index (Phi) is 5.81. The summed E-state index contributed by atoms with van der Waals surface area (Å²) in [5.74, 6) is -0.132. The lowest BCUT2D eigenvalue weighted by Crippen LogP contribution is -2.51. The third-order valence-electron chi connectivity index (χ3n) is 6.50. The van der Waals surface area contributed by atoms with E-state index in [2.05, 4.69) is 27.7 Å². The number of hydrogen-bond acceptors (Lipinski definition) is 4. The fraction of sp³-hybridized carbons (Fsp3) is 0.308. The highest BCUT2D eigenvalue weighted by molar-refractivity contribution is 7.10. The largest absolute Gasteiger partial charge is 0.326 e. The number of carbonyl (C=O) groups excluding carboxylic acids is 2. The van der Waals surface area contributed by atoms with Crippen molar-refractivity contribution in [3.8, 4) is 0 Å². The van der Waals surface area contributed by atoms with Gasteiger partial charge in [-0.2, -0.15) is 0 Å². The van der Waals surface area contributed by atoms with E-state index < -0.39 is 5.54 Å². The molecule has 2 aliphatic heterocycles. The lowest BCUT2D eigenvalue weighted by Gasteiger charge is -2.30. The van der Waals surface area contributed by atoms with Crippen LogP contribution >= 0.6 is 11.3 Å². The minimum Gasteiger partial charge on any atom is -0.322 e. The summed E-state index contributed by atoms with van der Waals surface area (Å²) < 4.78 is 0. The lowest BCUT2D eigenvalue weighted by molar-refractivity contribution is -0.133. The zero-order valence-electron chi connectivity index (χ0n) is 17.9. The minimum atomic E-state index is -0.974. The zero-order chi connectivity index (χ0) is 22.0. The molecule has 2 aromatic carbocycles. The van der Waals surface area contributed by atoms with Crippen LogP contribution in [0.3, 0.4) is 0 Å². The van der Waals surface area contributed by atoms with Crippen molar-refractivity contribution in [2.75, 3.05) is 13.2 Å². The summed E-state index contributed by atoms with van der Waals surface area (Å²) in [4.78, 5) is 32.0. The smallest absolute Gasteiger partial charge is 0.322 e. The molecule has 0 aliphatic carbocycles. The van der Waals surface area contributed by atoms with Crippen LogP contribution in [0, 0.1) is 0 Å². The van der Waals surface area contributed by atoms with Crippen LogP contribution in [0.25, 0.3) is 0 Å². The van der Waals surface area contributed by atoms with Gasteiger partial charge in [-0.05, 0) is 35.4 Å². The molecular weight excluding hydrogens is 418 g/mol. The second kappa shape index (κ2) is 8.88. The number of rotatable bonds is 7. The summed E-state index contributed by atoms with van der Waals surface area (Å²) in [5.41, 5.74) is 1.10. The number of amides is 3. The Morgan fingerprint density at radius 1 is 0.906 bits per heavy atom. The number of thiophene rings is 1. The Morgan fingerprint density at radius 2 is 1.56 bits per heavy atom. The maximum atomic E-state index is 13.8. The van der Waals surface area contributed by atoms with E-state index >= 15 is 0 Å². The second-order valence-electron chi connectivity index (χ2n) is 8.70. The van der Waals surface area contributed by atoms with E-state index in [-0.39, 0.29) is 18.0 Å². The SMILES string of the molecule is O=C1NC(Cc2ccccc2)(Cc2ccccc2)C(=O)N1CN1CCC[C@H]1c1cccs1. The van der Waals surface area contributed by atoms with E-state index in [9.17, 15) is 9.59 Å². The molecule has 3 aromatic rings. The number of likely N-dealkylation sites (tertiary alicyclic amines) is 1. The molecule has 0 unspecified atom stereocenters. The molecule has 3 heterocycles. The molecule has 3 amide bonds. The predicted octanol–water partition coefficient (Wildman–Crippen LogP) is 4.62. The van der Waals surface area contributed by atoms with Gasteiger partial charge in [-0.3, -0.25) is 9.69 Å². The topological polar surface area (TPSA) is 52.7 Å². The number of nitrogens with zero attached hydrogens (tertiary/aromatic N) is 2. The number of urea groups is 1. The van der Waals surface area contributed by atoms with Crippen molar-refractivity contribution in [2.24, 2.45) is 0 Å². The molecule has 5 nitrogen and oxygen atoms in total. The van der Waals surface area contributed by atoms with Crippen molar-refractivity contribution < 1.29 is 9.59 Å². The van der Waals surface area contributed by atoms with Crippen molar-refractivity contribution >= 4 is 23.3 Å². The highest BCUT2D eigenvalue weighted by Crippen LogP contribution is 2.36. The molecule has 1 N–H and O–H groups in total. The minimum absolute atomic E-state index is 0.132. The Bertz CT molecular complexity index is 1030. The molecule has 164 valence electrons. The van der Waals surface area contributed by atoms with Gasteiger partial charge in [-0.1, -0.05) is 66.7 Å². The molecular formula is C26H27N3O2S. The van der Waals surface area contributed by atoms with Crippen LogP contribution in [-0.2, 0) is 17.6 Å². The predicted molar refractivity (Wildman–Crippen MR) is 126 cm³/mol. The van der Waals surface area contributed by atoms with E-state index in [0.29, 0.717) is 19.5 Å². The van der Waals surface area contributed by atoms with Crippen LogP contribution < -0.4 is 5.32 Å². The highest BCUT2D eigenvalue weighted by Gasteiger charge is 2.51. The molecule has 6 heteroatoms. The first-order valence-corrected chi connectivity index (χ1v) is 12.0. The second-order valence-corrected chi connectivity index (χ2v) is 9.68. The van der Waals surface area contributed by atoms with Crippen LogP contribution in [0.1, 0.15) is 34.9 Å². The molecule has 5 rings (SSSR count). The summed E-state index contributed by atoms with van der Waals surface area (Å²) in [5, 5.41) is 5.19. The van der Waals surface area contributed by atoms with Gasteiger partial charge >= 0.3 is 6.03 Å². The van der Waals surface area contributed by atoms with Crippen molar-refractivity contribution in [3.05, 3.63) is 94.2 Å². The summed E-state index contributed by atoms with van der Waals surface area (Å²) in [6, 6.07) is 24.1. The summed E-state index contributed by atoms with van der Waals surface area (Å²) >= 11 is 1.74. The molecule has 1 atom stereocenters. The van der Waals surface area contributed by atoms with Gasteiger partial charge < -0.3 is 5.32 Å². The monoisotopic (exact) mass is 445 g/mol. The number of benzene rings is 2. The normalized spacial score (nSPS) is 20.6. The number of hydrogen-bond donors (Lipinski definition) is 1. The molecule has 2 fully saturated rings. The van der Waals surface area contributed by atoms with Gasteiger partial charge in [0.25, 0.3) is 5.91 Å². The summed E-state index contributed by atoms with van der Waals surface area (Å²) in [7, 11) is 0. The fourth-order valence-corrected chi connectivity index (χ4v) is 5.87. The van der Waals surface area contributed by atoms with Crippen LogP contribution in [0.5, 0.6) is 0 Å². The Labute approximate surface area is 192 Å². The number of imide groups is 1.